The highest BCUT2D eigenvalue weighted by molar-refractivity contribution is 5.90. The second-order valence-electron chi connectivity index (χ2n) is 4.39. The highest BCUT2D eigenvalue weighted by Crippen LogP contribution is 2.15. The number of halogens is 1. The fraction of sp³-hybridized carbons (Fsp3) is 0.188. The van der Waals surface area contributed by atoms with E-state index in [1.807, 2.05) is 18.2 Å². The molecule has 2 aromatic rings. The second-order valence-corrected chi connectivity index (χ2v) is 4.39. The predicted molar refractivity (Wildman–Crippen MR) is 73.3 cm³/mol. The Morgan fingerprint density at radius 1 is 1.20 bits per heavy atom. The summed E-state index contributed by atoms with van der Waals surface area (Å²) in [6.45, 7) is 1.82. The number of rotatable bonds is 4. The third-order valence-corrected chi connectivity index (χ3v) is 2.91. The Balaban J connectivity index is 2.04. The Morgan fingerprint density at radius 2 is 2.00 bits per heavy atom. The van der Waals surface area contributed by atoms with Crippen LogP contribution in [0.3, 0.4) is 0 Å². The van der Waals surface area contributed by atoms with Crippen molar-refractivity contribution in [3.63, 3.8) is 0 Å². The molecule has 0 N–H and O–H groups in total. The van der Waals surface area contributed by atoms with Gasteiger partial charge < -0.3 is 9.47 Å². The van der Waals surface area contributed by atoms with Crippen LogP contribution in [0.4, 0.5) is 4.39 Å². The van der Waals surface area contributed by atoms with Gasteiger partial charge in [-0.05, 0) is 48.4 Å². The molecule has 0 aromatic heterocycles. The Labute approximate surface area is 117 Å². The number of aryl methyl sites for hydroxylation is 1. The lowest BCUT2D eigenvalue weighted by Gasteiger charge is -2.08. The normalized spacial score (nSPS) is 10.2. The highest BCUT2D eigenvalue weighted by Gasteiger charge is 2.11. The first kappa shape index (κ1) is 14.1. The van der Waals surface area contributed by atoms with Gasteiger partial charge in [-0.1, -0.05) is 12.1 Å². The summed E-state index contributed by atoms with van der Waals surface area (Å²) in [6, 6.07) is 11.3. The molecule has 0 amide bonds. The topological polar surface area (TPSA) is 35.5 Å². The lowest BCUT2D eigenvalue weighted by Crippen LogP contribution is -2.07. The van der Waals surface area contributed by atoms with Gasteiger partial charge in [0.2, 0.25) is 0 Å². The van der Waals surface area contributed by atoms with Crippen LogP contribution >= 0.6 is 0 Å². The van der Waals surface area contributed by atoms with Crippen LogP contribution in [-0.2, 0) is 11.3 Å². The number of carbonyl (C=O) groups is 1. The molecule has 0 radical (unpaired) electrons. The van der Waals surface area contributed by atoms with E-state index >= 15 is 0 Å². The lowest BCUT2D eigenvalue weighted by molar-refractivity contribution is 0.0471. The van der Waals surface area contributed by atoms with E-state index in [9.17, 15) is 9.18 Å². The van der Waals surface area contributed by atoms with Crippen molar-refractivity contribution in [3.8, 4) is 5.75 Å². The molecule has 0 aliphatic carbocycles. The summed E-state index contributed by atoms with van der Waals surface area (Å²) < 4.78 is 23.3. The van der Waals surface area contributed by atoms with Crippen LogP contribution in [0.5, 0.6) is 5.75 Å². The number of benzene rings is 2. The molecule has 0 saturated carbocycles. The second kappa shape index (κ2) is 6.19. The SMILES string of the molecule is COc1cccc(COC(=O)c2ccc(F)cc2C)c1. The van der Waals surface area contributed by atoms with Gasteiger partial charge >= 0.3 is 5.97 Å². The summed E-state index contributed by atoms with van der Waals surface area (Å²) in [7, 11) is 1.58. The van der Waals surface area contributed by atoms with Crippen LogP contribution in [0.25, 0.3) is 0 Å². The summed E-state index contributed by atoms with van der Waals surface area (Å²) in [5.74, 6) is -0.131. The van der Waals surface area contributed by atoms with Crippen molar-refractivity contribution in [2.45, 2.75) is 13.5 Å². The molecule has 104 valence electrons. The number of esters is 1. The quantitative estimate of drug-likeness (QED) is 0.800. The van der Waals surface area contributed by atoms with Crippen LogP contribution in [0, 0.1) is 12.7 Å². The fourth-order valence-corrected chi connectivity index (χ4v) is 1.84. The maximum atomic E-state index is 13.0. The predicted octanol–water partition coefficient (Wildman–Crippen LogP) is 3.50. The Kier molecular flexibility index (Phi) is 4.35. The molecule has 0 bridgehead atoms. The van der Waals surface area contributed by atoms with Gasteiger partial charge in [-0.2, -0.15) is 0 Å². The molecule has 2 aromatic carbocycles. The third kappa shape index (κ3) is 3.35. The minimum Gasteiger partial charge on any atom is -0.497 e. The maximum Gasteiger partial charge on any atom is 0.338 e. The molecular formula is C16H15FO3. The molecule has 0 fully saturated rings. The van der Waals surface area contributed by atoms with Gasteiger partial charge in [0, 0.05) is 0 Å². The molecule has 0 spiro atoms. The first-order chi connectivity index (χ1) is 9.60. The largest absolute Gasteiger partial charge is 0.497 e. The standard InChI is InChI=1S/C16H15FO3/c1-11-8-13(17)6-7-15(11)16(18)20-10-12-4-3-5-14(9-12)19-2/h3-9H,10H2,1-2H3. The van der Waals surface area contributed by atoms with E-state index in [0.29, 0.717) is 16.9 Å². The number of ether oxygens (including phenoxy) is 2. The van der Waals surface area contributed by atoms with Crippen LogP contribution in [0.2, 0.25) is 0 Å². The van der Waals surface area contributed by atoms with E-state index in [2.05, 4.69) is 0 Å². The van der Waals surface area contributed by atoms with Gasteiger partial charge in [-0.3, -0.25) is 0 Å². The zero-order valence-corrected chi connectivity index (χ0v) is 11.4. The number of carbonyl (C=O) groups excluding carboxylic acids is 1. The lowest BCUT2D eigenvalue weighted by atomic mass is 10.1. The maximum absolute atomic E-state index is 13.0. The molecule has 0 aliphatic heterocycles. The zero-order chi connectivity index (χ0) is 14.5. The minimum absolute atomic E-state index is 0.146. The number of methoxy groups -OCH3 is 1. The van der Waals surface area contributed by atoms with Crippen molar-refractivity contribution in [1.29, 1.82) is 0 Å². The van der Waals surface area contributed by atoms with E-state index < -0.39 is 5.97 Å². The molecule has 0 unspecified atom stereocenters. The highest BCUT2D eigenvalue weighted by atomic mass is 19.1. The molecule has 0 heterocycles. The van der Waals surface area contributed by atoms with Gasteiger partial charge in [0.25, 0.3) is 0 Å². The van der Waals surface area contributed by atoms with Crippen LogP contribution < -0.4 is 4.74 Å². The first-order valence-corrected chi connectivity index (χ1v) is 6.16. The van der Waals surface area contributed by atoms with Crippen molar-refractivity contribution in [2.75, 3.05) is 7.11 Å². The van der Waals surface area contributed by atoms with Crippen LogP contribution in [0.1, 0.15) is 21.5 Å². The average Bonchev–Trinajstić information content (AvgIpc) is 2.45. The summed E-state index contributed by atoms with van der Waals surface area (Å²) in [5, 5.41) is 0. The van der Waals surface area contributed by atoms with Crippen LogP contribution in [-0.4, -0.2) is 13.1 Å². The van der Waals surface area contributed by atoms with Crippen molar-refractivity contribution in [1.82, 2.24) is 0 Å². The summed E-state index contributed by atoms with van der Waals surface area (Å²) in [5.41, 5.74) is 1.76. The van der Waals surface area contributed by atoms with Crippen molar-refractivity contribution in [3.05, 3.63) is 65.0 Å². The minimum atomic E-state index is -0.467. The first-order valence-electron chi connectivity index (χ1n) is 6.16. The van der Waals surface area contributed by atoms with Gasteiger partial charge in [0.1, 0.15) is 18.2 Å². The number of hydrogen-bond acceptors (Lipinski definition) is 3. The monoisotopic (exact) mass is 274 g/mol. The van der Waals surface area contributed by atoms with Crippen LogP contribution in [0.15, 0.2) is 42.5 Å². The van der Waals surface area contributed by atoms with Gasteiger partial charge in [-0.15, -0.1) is 0 Å². The van der Waals surface area contributed by atoms with E-state index in [1.54, 1.807) is 20.1 Å². The van der Waals surface area contributed by atoms with Crippen molar-refractivity contribution < 1.29 is 18.7 Å². The zero-order valence-electron chi connectivity index (χ0n) is 11.4. The molecule has 20 heavy (non-hydrogen) atoms. The molecule has 0 aliphatic rings. The molecule has 0 atom stereocenters. The Morgan fingerprint density at radius 3 is 2.70 bits per heavy atom. The molecular weight excluding hydrogens is 259 g/mol. The van der Waals surface area contributed by atoms with E-state index in [1.165, 1.54) is 18.2 Å². The Hall–Kier alpha value is -2.36. The third-order valence-electron chi connectivity index (χ3n) is 2.91. The average molecular weight is 274 g/mol. The van der Waals surface area contributed by atoms with E-state index in [0.717, 1.165) is 5.56 Å². The van der Waals surface area contributed by atoms with Gasteiger partial charge in [-0.25, -0.2) is 9.18 Å². The summed E-state index contributed by atoms with van der Waals surface area (Å²) in [4.78, 5) is 11.9. The van der Waals surface area contributed by atoms with E-state index in [-0.39, 0.29) is 12.4 Å². The fourth-order valence-electron chi connectivity index (χ4n) is 1.84. The smallest absolute Gasteiger partial charge is 0.338 e. The molecule has 4 heteroatoms. The summed E-state index contributed by atoms with van der Waals surface area (Å²) >= 11 is 0. The molecule has 0 saturated heterocycles. The van der Waals surface area contributed by atoms with Crippen molar-refractivity contribution >= 4 is 5.97 Å². The summed E-state index contributed by atoms with van der Waals surface area (Å²) in [6.07, 6.45) is 0. The van der Waals surface area contributed by atoms with Crippen molar-refractivity contribution in [2.24, 2.45) is 0 Å². The van der Waals surface area contributed by atoms with E-state index in [4.69, 9.17) is 9.47 Å². The van der Waals surface area contributed by atoms with Gasteiger partial charge in [0.05, 0.1) is 12.7 Å². The Bertz CT molecular complexity index is 623. The molecule has 2 rings (SSSR count). The number of hydrogen-bond donors (Lipinski definition) is 0. The van der Waals surface area contributed by atoms with Gasteiger partial charge in [0.15, 0.2) is 0 Å². The molecule has 3 nitrogen and oxygen atoms in total.